The highest BCUT2D eigenvalue weighted by Crippen LogP contribution is 2.32. The Balaban J connectivity index is 1.75. The number of anilines is 1. The molecule has 5 nitrogen and oxygen atoms in total. The van der Waals surface area contributed by atoms with E-state index < -0.39 is 0 Å². The Hall–Kier alpha value is -2.82. The third kappa shape index (κ3) is 2.34. The number of nitrogens with one attached hydrogen (secondary N) is 1. The number of aromatic nitrogens is 3. The second-order valence-corrected chi connectivity index (χ2v) is 5.92. The van der Waals surface area contributed by atoms with Crippen LogP contribution in [0, 0.1) is 6.92 Å². The first-order valence-corrected chi connectivity index (χ1v) is 7.77. The molecular formula is C18H18N4O. The van der Waals surface area contributed by atoms with Crippen LogP contribution in [0.25, 0.3) is 0 Å². The van der Waals surface area contributed by atoms with Crippen molar-refractivity contribution in [3.63, 3.8) is 0 Å². The van der Waals surface area contributed by atoms with Gasteiger partial charge in [0, 0.05) is 30.8 Å². The molecule has 1 N–H and O–H groups in total. The average Bonchev–Trinajstić information content (AvgIpc) is 3.24. The van der Waals surface area contributed by atoms with Gasteiger partial charge in [0.2, 0.25) is 0 Å². The van der Waals surface area contributed by atoms with E-state index >= 15 is 0 Å². The predicted octanol–water partition coefficient (Wildman–Crippen LogP) is 2.96. The molecular weight excluding hydrogens is 288 g/mol. The normalized spacial score (nSPS) is 17.1. The summed E-state index contributed by atoms with van der Waals surface area (Å²) in [4.78, 5) is 18.0. The van der Waals surface area contributed by atoms with E-state index in [1.54, 1.807) is 6.20 Å². The lowest BCUT2D eigenvalue weighted by molar-refractivity contribution is 0.0975. The van der Waals surface area contributed by atoms with Crippen molar-refractivity contribution in [1.82, 2.24) is 14.8 Å². The van der Waals surface area contributed by atoms with Crippen LogP contribution in [0.1, 0.15) is 27.7 Å². The zero-order valence-electron chi connectivity index (χ0n) is 12.9. The minimum absolute atomic E-state index is 0.0109. The van der Waals surface area contributed by atoms with Crippen molar-refractivity contribution in [3.8, 4) is 0 Å². The van der Waals surface area contributed by atoms with Crippen LogP contribution < -0.4 is 4.90 Å². The number of aromatic amines is 1. The summed E-state index contributed by atoms with van der Waals surface area (Å²) in [5, 5.41) is 4.36. The zero-order valence-corrected chi connectivity index (χ0v) is 12.9. The quantitative estimate of drug-likeness (QED) is 0.791. The van der Waals surface area contributed by atoms with Crippen LogP contribution in [0.3, 0.4) is 0 Å². The summed E-state index contributed by atoms with van der Waals surface area (Å²) in [5.41, 5.74) is 3.79. The van der Waals surface area contributed by atoms with Crippen molar-refractivity contribution in [2.75, 3.05) is 11.4 Å². The van der Waals surface area contributed by atoms with E-state index in [-0.39, 0.29) is 11.9 Å². The van der Waals surface area contributed by atoms with Crippen LogP contribution in [0.2, 0.25) is 0 Å². The number of aryl methyl sites for hydroxylation is 1. The second-order valence-electron chi connectivity index (χ2n) is 5.92. The van der Waals surface area contributed by atoms with Gasteiger partial charge in [0.25, 0.3) is 5.91 Å². The number of H-pyrrole nitrogens is 1. The van der Waals surface area contributed by atoms with E-state index in [1.165, 1.54) is 5.56 Å². The lowest BCUT2D eigenvalue weighted by Crippen LogP contribution is -2.41. The number of nitrogens with zero attached hydrogens (tertiary/aromatic N) is 3. The second kappa shape index (κ2) is 5.43. The maximum absolute atomic E-state index is 13.0. The van der Waals surface area contributed by atoms with Gasteiger partial charge in [0.1, 0.15) is 5.69 Å². The standard InChI is InChI=1S/C18H18N4O/c1-13-7-9-19-17(13)18(23)21-12-15(22-10-4-8-20-22)11-14-5-2-3-6-16(14)21/h2-10,15,19H,11-12H2,1H3. The molecule has 1 aliphatic rings. The number of rotatable bonds is 2. The number of fused-ring (bicyclic) bond motifs is 1. The number of benzene rings is 1. The fraction of sp³-hybridized carbons (Fsp3) is 0.222. The molecule has 0 saturated carbocycles. The molecule has 0 bridgehead atoms. The van der Waals surface area contributed by atoms with Crippen molar-refractivity contribution < 1.29 is 4.79 Å². The Kier molecular flexibility index (Phi) is 3.26. The molecule has 3 heterocycles. The van der Waals surface area contributed by atoms with Crippen molar-refractivity contribution in [2.24, 2.45) is 0 Å². The van der Waals surface area contributed by atoms with E-state index in [4.69, 9.17) is 0 Å². The summed E-state index contributed by atoms with van der Waals surface area (Å²) >= 11 is 0. The summed E-state index contributed by atoms with van der Waals surface area (Å²) in [5.74, 6) is 0.0109. The van der Waals surface area contributed by atoms with Crippen LogP contribution in [0.5, 0.6) is 0 Å². The number of amides is 1. The predicted molar refractivity (Wildman–Crippen MR) is 88.6 cm³/mol. The lowest BCUT2D eigenvalue weighted by Gasteiger charge is -2.34. The Morgan fingerprint density at radius 2 is 2.13 bits per heavy atom. The SMILES string of the molecule is Cc1cc[nH]c1C(=O)N1CC(n2cccn2)Cc2ccccc21. The van der Waals surface area contributed by atoms with Crippen LogP contribution in [0.4, 0.5) is 5.69 Å². The molecule has 2 aromatic heterocycles. The molecule has 1 unspecified atom stereocenters. The van der Waals surface area contributed by atoms with Gasteiger partial charge in [0.15, 0.2) is 0 Å². The summed E-state index contributed by atoms with van der Waals surface area (Å²) in [6.45, 7) is 2.57. The van der Waals surface area contributed by atoms with Crippen LogP contribution in [0.15, 0.2) is 55.0 Å². The number of para-hydroxylation sites is 1. The molecule has 0 aliphatic carbocycles. The lowest BCUT2D eigenvalue weighted by atomic mass is 9.97. The van der Waals surface area contributed by atoms with Crippen LogP contribution in [-0.4, -0.2) is 27.2 Å². The molecule has 1 amide bonds. The van der Waals surface area contributed by atoms with E-state index in [0.29, 0.717) is 12.2 Å². The molecule has 1 atom stereocenters. The van der Waals surface area contributed by atoms with Gasteiger partial charge >= 0.3 is 0 Å². The first-order chi connectivity index (χ1) is 11.2. The molecule has 0 saturated heterocycles. The maximum Gasteiger partial charge on any atom is 0.275 e. The van der Waals surface area contributed by atoms with Gasteiger partial charge in [-0.3, -0.25) is 9.48 Å². The Bertz CT molecular complexity index is 834. The van der Waals surface area contributed by atoms with Crippen molar-refractivity contribution in [3.05, 3.63) is 71.8 Å². The Morgan fingerprint density at radius 1 is 1.26 bits per heavy atom. The summed E-state index contributed by atoms with van der Waals surface area (Å²) in [6, 6.07) is 12.1. The number of carbonyl (C=O) groups is 1. The van der Waals surface area contributed by atoms with Gasteiger partial charge in [0.05, 0.1) is 6.04 Å². The van der Waals surface area contributed by atoms with E-state index in [0.717, 1.165) is 17.7 Å². The molecule has 0 spiro atoms. The van der Waals surface area contributed by atoms with Crippen LogP contribution >= 0.6 is 0 Å². The molecule has 0 radical (unpaired) electrons. The van der Waals surface area contributed by atoms with Gasteiger partial charge in [-0.2, -0.15) is 5.10 Å². The smallest absolute Gasteiger partial charge is 0.275 e. The third-order valence-electron chi connectivity index (χ3n) is 4.44. The highest BCUT2D eigenvalue weighted by atomic mass is 16.2. The summed E-state index contributed by atoms with van der Waals surface area (Å²) < 4.78 is 1.94. The summed E-state index contributed by atoms with van der Waals surface area (Å²) in [7, 11) is 0. The molecule has 1 aliphatic heterocycles. The van der Waals surface area contributed by atoms with Gasteiger partial charge in [-0.25, -0.2) is 0 Å². The summed E-state index contributed by atoms with van der Waals surface area (Å²) in [6.07, 6.45) is 6.43. The van der Waals surface area contributed by atoms with Crippen molar-refractivity contribution >= 4 is 11.6 Å². The average molecular weight is 306 g/mol. The first kappa shape index (κ1) is 13.8. The van der Waals surface area contributed by atoms with Crippen LogP contribution in [-0.2, 0) is 6.42 Å². The fourth-order valence-electron chi connectivity index (χ4n) is 3.25. The molecule has 4 rings (SSSR count). The fourth-order valence-corrected chi connectivity index (χ4v) is 3.25. The van der Waals surface area contributed by atoms with Crippen molar-refractivity contribution in [1.29, 1.82) is 0 Å². The van der Waals surface area contributed by atoms with Gasteiger partial charge < -0.3 is 9.88 Å². The molecule has 5 heteroatoms. The van der Waals surface area contributed by atoms with Gasteiger partial charge in [-0.15, -0.1) is 0 Å². The van der Waals surface area contributed by atoms with E-state index in [1.807, 2.05) is 59.2 Å². The molecule has 1 aromatic carbocycles. The zero-order chi connectivity index (χ0) is 15.8. The molecule has 116 valence electrons. The maximum atomic E-state index is 13.0. The van der Waals surface area contributed by atoms with E-state index in [2.05, 4.69) is 16.1 Å². The minimum Gasteiger partial charge on any atom is -0.357 e. The highest BCUT2D eigenvalue weighted by molar-refractivity contribution is 6.06. The molecule has 3 aromatic rings. The Morgan fingerprint density at radius 3 is 2.87 bits per heavy atom. The minimum atomic E-state index is 0.0109. The van der Waals surface area contributed by atoms with Gasteiger partial charge in [-0.1, -0.05) is 18.2 Å². The largest absolute Gasteiger partial charge is 0.357 e. The van der Waals surface area contributed by atoms with Crippen molar-refractivity contribution in [2.45, 2.75) is 19.4 Å². The Labute approximate surface area is 134 Å². The monoisotopic (exact) mass is 306 g/mol. The first-order valence-electron chi connectivity index (χ1n) is 7.77. The third-order valence-corrected chi connectivity index (χ3v) is 4.44. The van der Waals surface area contributed by atoms with E-state index in [9.17, 15) is 4.79 Å². The topological polar surface area (TPSA) is 53.9 Å². The highest BCUT2D eigenvalue weighted by Gasteiger charge is 2.30. The number of hydrogen-bond acceptors (Lipinski definition) is 2. The number of carbonyl (C=O) groups excluding carboxylic acids is 1. The molecule has 0 fully saturated rings. The number of hydrogen-bond donors (Lipinski definition) is 1. The molecule has 23 heavy (non-hydrogen) atoms. The van der Waals surface area contributed by atoms with Gasteiger partial charge in [-0.05, 0) is 42.7 Å².